The first-order valence-corrected chi connectivity index (χ1v) is 6.58. The average Bonchev–Trinajstić information content (AvgIpc) is 2.35. The molecule has 2 rings (SSSR count). The van der Waals surface area contributed by atoms with Crippen LogP contribution in [0.4, 0.5) is 11.4 Å². The molecule has 2 aromatic rings. The van der Waals surface area contributed by atoms with Crippen LogP contribution in [0.15, 0.2) is 40.9 Å². The van der Waals surface area contributed by atoms with Crippen LogP contribution in [-0.2, 0) is 0 Å². The van der Waals surface area contributed by atoms with Crippen LogP contribution in [0.3, 0.4) is 0 Å². The summed E-state index contributed by atoms with van der Waals surface area (Å²) in [6.45, 7) is 0. The molecule has 0 bridgehead atoms. The summed E-state index contributed by atoms with van der Waals surface area (Å²) in [6.07, 6.45) is 0. The molecule has 0 amide bonds. The van der Waals surface area contributed by atoms with E-state index < -0.39 is 0 Å². The summed E-state index contributed by atoms with van der Waals surface area (Å²) in [6, 6.07) is 12.8. The fraction of sp³-hybridized carbons (Fsp3) is 0. The Hall–Kier alpha value is -1.21. The normalized spacial score (nSPS) is 9.89. The van der Waals surface area contributed by atoms with Crippen molar-refractivity contribution in [2.75, 3.05) is 5.32 Å². The van der Waals surface area contributed by atoms with Crippen LogP contribution in [0.2, 0.25) is 10.0 Å². The van der Waals surface area contributed by atoms with Crippen molar-refractivity contribution in [2.24, 2.45) is 0 Å². The van der Waals surface area contributed by atoms with Crippen LogP contribution in [0, 0.1) is 11.3 Å². The lowest BCUT2D eigenvalue weighted by atomic mass is 10.2. The van der Waals surface area contributed by atoms with Gasteiger partial charge in [-0.15, -0.1) is 0 Å². The second kappa shape index (κ2) is 5.62. The number of hydrogen-bond donors (Lipinski definition) is 1. The number of anilines is 2. The molecule has 0 spiro atoms. The van der Waals surface area contributed by atoms with Gasteiger partial charge in [-0.3, -0.25) is 0 Å². The summed E-state index contributed by atoms with van der Waals surface area (Å²) in [7, 11) is 0. The van der Waals surface area contributed by atoms with Gasteiger partial charge in [0, 0.05) is 0 Å². The zero-order valence-corrected chi connectivity index (χ0v) is 12.1. The Bertz CT molecular complexity index is 635. The summed E-state index contributed by atoms with van der Waals surface area (Å²) in [4.78, 5) is 0. The minimum Gasteiger partial charge on any atom is -0.353 e. The molecule has 2 aromatic carbocycles. The van der Waals surface area contributed by atoms with Gasteiger partial charge in [0.15, 0.2) is 0 Å². The minimum atomic E-state index is 0.408. The first-order valence-electron chi connectivity index (χ1n) is 5.03. The Labute approximate surface area is 123 Å². The molecule has 18 heavy (non-hydrogen) atoms. The maximum Gasteiger partial charge on any atom is 0.103 e. The van der Waals surface area contributed by atoms with Crippen molar-refractivity contribution >= 4 is 50.5 Å². The van der Waals surface area contributed by atoms with E-state index in [1.807, 2.05) is 12.1 Å². The van der Waals surface area contributed by atoms with Gasteiger partial charge in [-0.1, -0.05) is 35.3 Å². The van der Waals surface area contributed by atoms with Gasteiger partial charge in [0.2, 0.25) is 0 Å². The smallest absolute Gasteiger partial charge is 0.103 e. The van der Waals surface area contributed by atoms with Crippen molar-refractivity contribution in [3.05, 3.63) is 56.5 Å². The Kier molecular flexibility index (Phi) is 4.13. The standard InChI is InChI=1S/C13H7BrCl2N2/c14-13-10(16)4-2-6-12(13)18-11-5-1-3-9(15)8(11)7-17/h1-6,18H. The number of nitrogens with zero attached hydrogens (tertiary/aromatic N) is 1. The van der Waals surface area contributed by atoms with Crippen molar-refractivity contribution in [2.45, 2.75) is 0 Å². The maximum atomic E-state index is 9.09. The molecular weight excluding hydrogens is 335 g/mol. The first-order chi connectivity index (χ1) is 8.63. The molecule has 0 unspecified atom stereocenters. The topological polar surface area (TPSA) is 35.8 Å². The molecule has 1 N–H and O–H groups in total. The Morgan fingerprint density at radius 3 is 2.28 bits per heavy atom. The van der Waals surface area contributed by atoms with Crippen molar-refractivity contribution in [1.29, 1.82) is 5.26 Å². The van der Waals surface area contributed by atoms with Crippen LogP contribution in [0.5, 0.6) is 0 Å². The third kappa shape index (κ3) is 2.62. The second-order valence-electron chi connectivity index (χ2n) is 3.50. The summed E-state index contributed by atoms with van der Waals surface area (Å²) in [5.41, 5.74) is 1.83. The van der Waals surface area contributed by atoms with E-state index in [9.17, 15) is 0 Å². The fourth-order valence-corrected chi connectivity index (χ4v) is 2.24. The summed E-state index contributed by atoms with van der Waals surface area (Å²) < 4.78 is 0.746. The van der Waals surface area contributed by atoms with Crippen LogP contribution in [0.25, 0.3) is 0 Å². The highest BCUT2D eigenvalue weighted by molar-refractivity contribution is 9.10. The SMILES string of the molecule is N#Cc1c(Cl)cccc1Nc1cccc(Cl)c1Br. The quantitative estimate of drug-likeness (QED) is 0.796. The van der Waals surface area contributed by atoms with E-state index in [0.29, 0.717) is 21.3 Å². The van der Waals surface area contributed by atoms with E-state index in [1.165, 1.54) is 0 Å². The van der Waals surface area contributed by atoms with Gasteiger partial charge in [0.25, 0.3) is 0 Å². The third-order valence-corrected chi connectivity index (χ3v) is 4.06. The molecule has 0 saturated carbocycles. The highest BCUT2D eigenvalue weighted by atomic mass is 79.9. The zero-order chi connectivity index (χ0) is 13.1. The molecule has 2 nitrogen and oxygen atoms in total. The Morgan fingerprint density at radius 1 is 1.00 bits per heavy atom. The van der Waals surface area contributed by atoms with Gasteiger partial charge >= 0.3 is 0 Å². The molecule has 0 aliphatic rings. The molecule has 0 fully saturated rings. The lowest BCUT2D eigenvalue weighted by Crippen LogP contribution is -1.95. The second-order valence-corrected chi connectivity index (χ2v) is 5.11. The number of benzene rings is 2. The monoisotopic (exact) mass is 340 g/mol. The van der Waals surface area contributed by atoms with E-state index in [0.717, 1.165) is 10.2 Å². The van der Waals surface area contributed by atoms with Crippen LogP contribution in [0.1, 0.15) is 5.56 Å². The molecule has 0 aliphatic heterocycles. The van der Waals surface area contributed by atoms with Gasteiger partial charge in [-0.05, 0) is 40.2 Å². The number of halogens is 3. The molecule has 0 aromatic heterocycles. The van der Waals surface area contributed by atoms with Crippen molar-refractivity contribution in [1.82, 2.24) is 0 Å². The van der Waals surface area contributed by atoms with Crippen LogP contribution >= 0.6 is 39.1 Å². The van der Waals surface area contributed by atoms with Gasteiger partial charge in [0.05, 0.1) is 31.5 Å². The van der Waals surface area contributed by atoms with Gasteiger partial charge in [0.1, 0.15) is 6.07 Å². The summed E-state index contributed by atoms with van der Waals surface area (Å²) in [5, 5.41) is 13.2. The molecule has 0 saturated heterocycles. The Balaban J connectivity index is 2.44. The summed E-state index contributed by atoms with van der Waals surface area (Å²) >= 11 is 15.4. The minimum absolute atomic E-state index is 0.408. The number of nitrogens with one attached hydrogen (secondary N) is 1. The average molecular weight is 342 g/mol. The largest absolute Gasteiger partial charge is 0.353 e. The third-order valence-electron chi connectivity index (χ3n) is 2.35. The van der Waals surface area contributed by atoms with Gasteiger partial charge in [-0.25, -0.2) is 0 Å². The number of hydrogen-bond acceptors (Lipinski definition) is 2. The predicted octanol–water partition coefficient (Wildman–Crippen LogP) is 5.37. The first kappa shape index (κ1) is 13.2. The van der Waals surface area contributed by atoms with E-state index in [2.05, 4.69) is 27.3 Å². The van der Waals surface area contributed by atoms with E-state index in [-0.39, 0.29) is 0 Å². The molecular formula is C13H7BrCl2N2. The molecule has 90 valence electrons. The van der Waals surface area contributed by atoms with Crippen LogP contribution < -0.4 is 5.32 Å². The highest BCUT2D eigenvalue weighted by Gasteiger charge is 2.09. The molecule has 5 heteroatoms. The predicted molar refractivity (Wildman–Crippen MR) is 78.6 cm³/mol. The van der Waals surface area contributed by atoms with Crippen molar-refractivity contribution in [3.63, 3.8) is 0 Å². The fourth-order valence-electron chi connectivity index (χ4n) is 1.49. The van der Waals surface area contributed by atoms with E-state index >= 15 is 0 Å². The number of rotatable bonds is 2. The molecule has 0 atom stereocenters. The molecule has 0 aliphatic carbocycles. The van der Waals surface area contributed by atoms with Crippen LogP contribution in [-0.4, -0.2) is 0 Å². The van der Waals surface area contributed by atoms with Crippen molar-refractivity contribution < 1.29 is 0 Å². The Morgan fingerprint density at radius 2 is 1.61 bits per heavy atom. The lowest BCUT2D eigenvalue weighted by Gasteiger charge is -2.11. The van der Waals surface area contributed by atoms with E-state index in [1.54, 1.807) is 24.3 Å². The van der Waals surface area contributed by atoms with Crippen molar-refractivity contribution in [3.8, 4) is 6.07 Å². The van der Waals surface area contributed by atoms with Gasteiger partial charge in [-0.2, -0.15) is 5.26 Å². The number of nitriles is 1. The molecule has 0 radical (unpaired) electrons. The highest BCUT2D eigenvalue weighted by Crippen LogP contribution is 2.34. The summed E-state index contributed by atoms with van der Waals surface area (Å²) in [5.74, 6) is 0. The maximum absolute atomic E-state index is 9.09. The van der Waals surface area contributed by atoms with E-state index in [4.69, 9.17) is 28.5 Å². The molecule has 0 heterocycles. The zero-order valence-electron chi connectivity index (χ0n) is 9.05. The lowest BCUT2D eigenvalue weighted by molar-refractivity contribution is 1.45. The van der Waals surface area contributed by atoms with Gasteiger partial charge < -0.3 is 5.32 Å².